The quantitative estimate of drug-likeness (QED) is 0.237. The maximum atomic E-state index is 6.47. The second-order valence-corrected chi connectivity index (χ2v) is 10.6. The highest BCUT2D eigenvalue weighted by molar-refractivity contribution is 6.21. The molecular formula is C34H26O2. The Hall–Kier alpha value is -4.30. The molecule has 2 nitrogen and oxygen atoms in total. The lowest BCUT2D eigenvalue weighted by Gasteiger charge is -2.22. The molecule has 0 fully saturated rings. The first kappa shape index (κ1) is 21.0. The van der Waals surface area contributed by atoms with Gasteiger partial charge in [-0.15, -0.1) is 0 Å². The minimum Gasteiger partial charge on any atom is -0.456 e. The molecule has 0 aliphatic heterocycles. The minimum atomic E-state index is 0.0184. The van der Waals surface area contributed by atoms with Crippen LogP contribution in [-0.2, 0) is 5.41 Å². The third-order valence-corrected chi connectivity index (χ3v) is 7.23. The number of fused-ring (bicyclic) bond motifs is 4. The van der Waals surface area contributed by atoms with Crippen molar-refractivity contribution in [1.29, 1.82) is 0 Å². The van der Waals surface area contributed by atoms with E-state index >= 15 is 0 Å². The molecule has 2 aromatic heterocycles. The van der Waals surface area contributed by atoms with Crippen LogP contribution in [0.3, 0.4) is 0 Å². The summed E-state index contributed by atoms with van der Waals surface area (Å²) in [5.41, 5.74) is 5.36. The summed E-state index contributed by atoms with van der Waals surface area (Å²) in [6.45, 7) is 6.78. The van der Waals surface area contributed by atoms with Gasteiger partial charge in [0.2, 0.25) is 0 Å². The molecule has 0 aliphatic rings. The molecule has 0 N–H and O–H groups in total. The van der Waals surface area contributed by atoms with Crippen molar-refractivity contribution in [3.8, 4) is 22.6 Å². The molecule has 0 atom stereocenters. The Bertz CT molecular complexity index is 1860. The fraction of sp³-hybridized carbons (Fsp3) is 0.118. The largest absolute Gasteiger partial charge is 0.456 e. The molecule has 0 aliphatic carbocycles. The fourth-order valence-corrected chi connectivity index (χ4v) is 5.39. The summed E-state index contributed by atoms with van der Waals surface area (Å²) in [5.74, 6) is 1.77. The number of benzene rings is 5. The van der Waals surface area contributed by atoms with E-state index in [1.54, 1.807) is 0 Å². The highest BCUT2D eigenvalue weighted by atomic mass is 16.3. The van der Waals surface area contributed by atoms with Crippen LogP contribution in [0.25, 0.3) is 66.1 Å². The van der Waals surface area contributed by atoms with Gasteiger partial charge in [0, 0.05) is 21.9 Å². The van der Waals surface area contributed by atoms with Gasteiger partial charge in [-0.3, -0.25) is 0 Å². The topological polar surface area (TPSA) is 26.3 Å². The first-order chi connectivity index (χ1) is 17.5. The number of furan rings is 2. The summed E-state index contributed by atoms with van der Waals surface area (Å²) in [5, 5.41) is 6.87. The van der Waals surface area contributed by atoms with Crippen LogP contribution in [0.4, 0.5) is 0 Å². The molecule has 0 spiro atoms. The molecule has 7 aromatic rings. The van der Waals surface area contributed by atoms with E-state index in [2.05, 4.69) is 99.6 Å². The maximum absolute atomic E-state index is 6.47. The van der Waals surface area contributed by atoms with E-state index < -0.39 is 0 Å². The third-order valence-electron chi connectivity index (χ3n) is 7.23. The number of rotatable bonds is 2. The normalized spacial score (nSPS) is 12.3. The summed E-state index contributed by atoms with van der Waals surface area (Å²) >= 11 is 0. The summed E-state index contributed by atoms with van der Waals surface area (Å²) < 4.78 is 12.9. The molecule has 0 saturated carbocycles. The average molecular weight is 467 g/mol. The third kappa shape index (κ3) is 3.18. The molecule has 0 radical (unpaired) electrons. The Morgan fingerprint density at radius 2 is 0.944 bits per heavy atom. The lowest BCUT2D eigenvalue weighted by molar-refractivity contribution is 0.591. The van der Waals surface area contributed by atoms with E-state index in [9.17, 15) is 0 Å². The highest BCUT2D eigenvalue weighted by Gasteiger charge is 2.23. The Labute approximate surface area is 209 Å². The van der Waals surface area contributed by atoms with E-state index in [4.69, 9.17) is 8.83 Å². The molecule has 36 heavy (non-hydrogen) atoms. The Kier molecular flexibility index (Phi) is 4.44. The molecule has 2 heteroatoms. The molecule has 0 saturated heterocycles. The molecule has 174 valence electrons. The van der Waals surface area contributed by atoms with Crippen LogP contribution in [-0.4, -0.2) is 0 Å². The van der Waals surface area contributed by atoms with Gasteiger partial charge in [0.1, 0.15) is 22.7 Å². The van der Waals surface area contributed by atoms with Gasteiger partial charge in [0.05, 0.1) is 0 Å². The van der Waals surface area contributed by atoms with Gasteiger partial charge in [0.15, 0.2) is 0 Å². The minimum absolute atomic E-state index is 0.0184. The summed E-state index contributed by atoms with van der Waals surface area (Å²) in [7, 11) is 0. The van der Waals surface area contributed by atoms with Crippen LogP contribution < -0.4 is 0 Å². The zero-order valence-corrected chi connectivity index (χ0v) is 20.6. The molecule has 7 rings (SSSR count). The van der Waals surface area contributed by atoms with Gasteiger partial charge in [-0.1, -0.05) is 93.6 Å². The van der Waals surface area contributed by atoms with Crippen LogP contribution in [0.2, 0.25) is 0 Å². The van der Waals surface area contributed by atoms with Crippen LogP contribution in [0.15, 0.2) is 112 Å². The summed E-state index contributed by atoms with van der Waals surface area (Å²) in [6.07, 6.45) is 0. The molecule has 0 amide bonds. The van der Waals surface area contributed by atoms with Gasteiger partial charge >= 0.3 is 0 Å². The second-order valence-electron chi connectivity index (χ2n) is 10.6. The lowest BCUT2D eigenvalue weighted by atomic mass is 9.82. The van der Waals surface area contributed by atoms with Crippen LogP contribution in [0.1, 0.15) is 26.3 Å². The highest BCUT2D eigenvalue weighted by Crippen LogP contribution is 2.46. The zero-order valence-electron chi connectivity index (χ0n) is 20.6. The standard InChI is InChI=1S/C34H26O2/c1-34(2,3)23-16-17-26-27(20-23)33(31-19-22-11-5-9-15-29(22)36-31)25-13-7-6-12-24(25)32(26)30-18-21-10-4-8-14-28(21)35-30/h4-20H,1-3H3. The monoisotopic (exact) mass is 466 g/mol. The van der Waals surface area contributed by atoms with Crippen molar-refractivity contribution in [2.75, 3.05) is 0 Å². The van der Waals surface area contributed by atoms with Gasteiger partial charge in [-0.2, -0.15) is 0 Å². The van der Waals surface area contributed by atoms with Crippen LogP contribution >= 0.6 is 0 Å². The average Bonchev–Trinajstić information content (AvgIpc) is 3.50. The van der Waals surface area contributed by atoms with Crippen molar-refractivity contribution in [3.63, 3.8) is 0 Å². The number of para-hydroxylation sites is 2. The maximum Gasteiger partial charge on any atom is 0.136 e. The Morgan fingerprint density at radius 1 is 0.472 bits per heavy atom. The van der Waals surface area contributed by atoms with Crippen molar-refractivity contribution in [2.24, 2.45) is 0 Å². The van der Waals surface area contributed by atoms with E-state index in [-0.39, 0.29) is 5.41 Å². The first-order valence-electron chi connectivity index (χ1n) is 12.4. The van der Waals surface area contributed by atoms with Crippen LogP contribution in [0.5, 0.6) is 0 Å². The number of hydrogen-bond donors (Lipinski definition) is 0. The van der Waals surface area contributed by atoms with Gasteiger partial charge in [-0.05, 0) is 62.9 Å². The van der Waals surface area contributed by atoms with Crippen molar-refractivity contribution in [1.82, 2.24) is 0 Å². The van der Waals surface area contributed by atoms with Gasteiger partial charge in [0.25, 0.3) is 0 Å². The first-order valence-corrected chi connectivity index (χ1v) is 12.4. The van der Waals surface area contributed by atoms with E-state index in [1.807, 2.05) is 24.3 Å². The van der Waals surface area contributed by atoms with Crippen molar-refractivity contribution in [2.45, 2.75) is 26.2 Å². The Morgan fingerprint density at radius 3 is 1.47 bits per heavy atom. The zero-order chi connectivity index (χ0) is 24.4. The van der Waals surface area contributed by atoms with Crippen molar-refractivity contribution < 1.29 is 8.83 Å². The van der Waals surface area contributed by atoms with E-state index in [0.29, 0.717) is 0 Å². The molecule has 0 bridgehead atoms. The molecule has 5 aromatic carbocycles. The molecule has 0 unspecified atom stereocenters. The van der Waals surface area contributed by atoms with Crippen LogP contribution in [0, 0.1) is 0 Å². The van der Waals surface area contributed by atoms with E-state index in [0.717, 1.165) is 60.7 Å². The molecule has 2 heterocycles. The van der Waals surface area contributed by atoms with E-state index in [1.165, 1.54) is 10.9 Å². The Balaban J connectivity index is 1.66. The molecular weight excluding hydrogens is 440 g/mol. The SMILES string of the molecule is CC(C)(C)c1ccc2c(-c3cc4ccccc4o3)c3ccccc3c(-c3cc4ccccc4o3)c2c1. The van der Waals surface area contributed by atoms with Crippen molar-refractivity contribution >= 4 is 43.5 Å². The predicted octanol–water partition coefficient (Wildman–Crippen LogP) is 10.1. The van der Waals surface area contributed by atoms with Crippen molar-refractivity contribution in [3.05, 3.63) is 109 Å². The van der Waals surface area contributed by atoms with Gasteiger partial charge < -0.3 is 8.83 Å². The predicted molar refractivity (Wildman–Crippen MR) is 151 cm³/mol. The smallest absolute Gasteiger partial charge is 0.136 e. The lowest BCUT2D eigenvalue weighted by Crippen LogP contribution is -2.10. The van der Waals surface area contributed by atoms with Gasteiger partial charge in [-0.25, -0.2) is 0 Å². The summed E-state index contributed by atoms with van der Waals surface area (Å²) in [6, 6.07) is 36.2. The number of hydrogen-bond acceptors (Lipinski definition) is 2. The summed E-state index contributed by atoms with van der Waals surface area (Å²) in [4.78, 5) is 0. The second kappa shape index (κ2) is 7.60. The fourth-order valence-electron chi connectivity index (χ4n) is 5.39.